The molecule has 5 nitrogen and oxygen atoms in total. The molecular formula is C20H35N5. The summed E-state index contributed by atoms with van der Waals surface area (Å²) in [6, 6.07) is 4.69. The van der Waals surface area contributed by atoms with Gasteiger partial charge in [0.25, 0.3) is 0 Å². The predicted molar refractivity (Wildman–Crippen MR) is 107 cm³/mol. The van der Waals surface area contributed by atoms with E-state index in [1.165, 1.54) is 24.8 Å². The molecule has 1 aliphatic rings. The lowest BCUT2D eigenvalue weighted by Gasteiger charge is -2.23. The third kappa shape index (κ3) is 6.92. The van der Waals surface area contributed by atoms with Gasteiger partial charge in [0.05, 0.1) is 0 Å². The fraction of sp³-hybridized carbons (Fsp3) is 0.700. The number of hydrogen-bond donors (Lipinski definition) is 2. The molecule has 0 spiro atoms. The lowest BCUT2D eigenvalue weighted by molar-refractivity contribution is 0.346. The molecule has 1 unspecified atom stereocenters. The average molecular weight is 346 g/mol. The van der Waals surface area contributed by atoms with Crippen LogP contribution in [-0.2, 0) is 6.54 Å². The highest BCUT2D eigenvalue weighted by atomic mass is 15.2. The molecule has 1 saturated heterocycles. The molecule has 1 aromatic rings. The van der Waals surface area contributed by atoms with E-state index < -0.39 is 0 Å². The second-order valence-electron chi connectivity index (χ2n) is 8.29. The quantitative estimate of drug-likeness (QED) is 0.611. The van der Waals surface area contributed by atoms with Crippen molar-refractivity contribution < 1.29 is 0 Å². The van der Waals surface area contributed by atoms with Crippen molar-refractivity contribution in [3.8, 4) is 0 Å². The van der Waals surface area contributed by atoms with Crippen LogP contribution in [0.15, 0.2) is 23.3 Å². The fourth-order valence-corrected chi connectivity index (χ4v) is 2.99. The van der Waals surface area contributed by atoms with Gasteiger partial charge in [-0.1, -0.05) is 26.8 Å². The van der Waals surface area contributed by atoms with Gasteiger partial charge in [-0.05, 0) is 49.7 Å². The van der Waals surface area contributed by atoms with Crippen LogP contribution in [0.2, 0.25) is 0 Å². The zero-order valence-electron chi connectivity index (χ0n) is 16.6. The minimum absolute atomic E-state index is 0.371. The lowest BCUT2D eigenvalue weighted by atomic mass is 9.89. The highest BCUT2D eigenvalue weighted by molar-refractivity contribution is 5.79. The number of pyridine rings is 1. The highest BCUT2D eigenvalue weighted by Gasteiger charge is 2.14. The number of anilines is 1. The smallest absolute Gasteiger partial charge is 0.191 e. The van der Waals surface area contributed by atoms with Gasteiger partial charge in [0, 0.05) is 38.9 Å². The van der Waals surface area contributed by atoms with Gasteiger partial charge in [-0.25, -0.2) is 4.98 Å². The Morgan fingerprint density at radius 1 is 1.28 bits per heavy atom. The minimum atomic E-state index is 0.371. The molecule has 140 valence electrons. The Morgan fingerprint density at radius 2 is 2.00 bits per heavy atom. The Kier molecular flexibility index (Phi) is 7.09. The zero-order valence-corrected chi connectivity index (χ0v) is 16.6. The molecule has 0 saturated carbocycles. The average Bonchev–Trinajstić information content (AvgIpc) is 3.11. The monoisotopic (exact) mass is 345 g/mol. The number of guanidine groups is 1. The predicted octanol–water partition coefficient (Wildman–Crippen LogP) is 3.56. The summed E-state index contributed by atoms with van der Waals surface area (Å²) in [4.78, 5) is 11.3. The van der Waals surface area contributed by atoms with E-state index in [-0.39, 0.29) is 0 Å². The Balaban J connectivity index is 1.78. The fourth-order valence-electron chi connectivity index (χ4n) is 2.99. The van der Waals surface area contributed by atoms with E-state index in [9.17, 15) is 0 Å². The Labute approximate surface area is 153 Å². The van der Waals surface area contributed by atoms with Crippen LogP contribution in [0.5, 0.6) is 0 Å². The summed E-state index contributed by atoms with van der Waals surface area (Å²) < 4.78 is 0. The van der Waals surface area contributed by atoms with Crippen molar-refractivity contribution >= 4 is 11.8 Å². The largest absolute Gasteiger partial charge is 0.357 e. The molecule has 1 aliphatic heterocycles. The molecule has 0 radical (unpaired) electrons. The summed E-state index contributed by atoms with van der Waals surface area (Å²) in [5.41, 5.74) is 1.54. The van der Waals surface area contributed by atoms with Crippen LogP contribution < -0.4 is 15.5 Å². The van der Waals surface area contributed by atoms with E-state index in [2.05, 4.69) is 65.3 Å². The van der Waals surface area contributed by atoms with Crippen molar-refractivity contribution in [2.75, 3.05) is 25.0 Å². The van der Waals surface area contributed by atoms with Gasteiger partial charge in [0.2, 0.25) is 0 Å². The molecular weight excluding hydrogens is 310 g/mol. The molecule has 2 rings (SSSR count). The van der Waals surface area contributed by atoms with E-state index in [4.69, 9.17) is 0 Å². The summed E-state index contributed by atoms with van der Waals surface area (Å²) in [5, 5.41) is 6.86. The van der Waals surface area contributed by atoms with E-state index in [1.54, 1.807) is 0 Å². The maximum Gasteiger partial charge on any atom is 0.191 e. The van der Waals surface area contributed by atoms with E-state index >= 15 is 0 Å². The normalized spacial score (nSPS) is 16.8. The van der Waals surface area contributed by atoms with Crippen molar-refractivity contribution in [2.45, 2.75) is 66.0 Å². The van der Waals surface area contributed by atoms with Gasteiger partial charge in [0.1, 0.15) is 5.82 Å². The van der Waals surface area contributed by atoms with Gasteiger partial charge in [-0.3, -0.25) is 4.99 Å². The van der Waals surface area contributed by atoms with E-state index in [1.807, 2.05) is 13.2 Å². The number of hydrogen-bond acceptors (Lipinski definition) is 3. The van der Waals surface area contributed by atoms with Crippen molar-refractivity contribution in [1.82, 2.24) is 15.6 Å². The van der Waals surface area contributed by atoms with Gasteiger partial charge >= 0.3 is 0 Å². The van der Waals surface area contributed by atoms with Crippen LogP contribution in [0.4, 0.5) is 5.82 Å². The van der Waals surface area contributed by atoms with Crippen LogP contribution in [0.25, 0.3) is 0 Å². The topological polar surface area (TPSA) is 52.6 Å². The van der Waals surface area contributed by atoms with Crippen LogP contribution in [-0.4, -0.2) is 37.1 Å². The van der Waals surface area contributed by atoms with Crippen molar-refractivity contribution in [3.05, 3.63) is 23.9 Å². The number of rotatable bonds is 6. The minimum Gasteiger partial charge on any atom is -0.357 e. The van der Waals surface area contributed by atoms with E-state index in [0.29, 0.717) is 11.5 Å². The van der Waals surface area contributed by atoms with Crippen molar-refractivity contribution in [2.24, 2.45) is 10.4 Å². The number of nitrogens with zero attached hydrogens (tertiary/aromatic N) is 3. The molecule has 1 atom stereocenters. The molecule has 2 heterocycles. The summed E-state index contributed by atoms with van der Waals surface area (Å²) in [5.74, 6) is 1.95. The van der Waals surface area contributed by atoms with Gasteiger partial charge in [-0.15, -0.1) is 0 Å². The summed E-state index contributed by atoms with van der Waals surface area (Å²) >= 11 is 0. The maximum absolute atomic E-state index is 4.61. The lowest BCUT2D eigenvalue weighted by Crippen LogP contribution is -2.42. The maximum atomic E-state index is 4.61. The molecule has 5 heteroatoms. The molecule has 0 amide bonds. The van der Waals surface area contributed by atoms with Gasteiger partial charge < -0.3 is 15.5 Å². The third-order valence-corrected chi connectivity index (χ3v) is 4.63. The van der Waals surface area contributed by atoms with E-state index in [0.717, 1.165) is 37.8 Å². The number of aliphatic imine (C=N–C) groups is 1. The summed E-state index contributed by atoms with van der Waals surface area (Å²) in [6.07, 6.45) is 6.86. The molecule has 1 aromatic heterocycles. The standard InChI is InChI=1S/C20H35N5/c1-16(10-11-20(2,3)4)24-19(21-5)23-15-17-8-9-18(22-14-17)25-12-6-7-13-25/h8-9,14,16H,6-7,10-13,15H2,1-5H3,(H2,21,23,24). The highest BCUT2D eigenvalue weighted by Crippen LogP contribution is 2.21. The zero-order chi connectivity index (χ0) is 18.3. The Morgan fingerprint density at radius 3 is 2.56 bits per heavy atom. The molecule has 0 bridgehead atoms. The molecule has 2 N–H and O–H groups in total. The molecule has 25 heavy (non-hydrogen) atoms. The SMILES string of the molecule is CN=C(NCc1ccc(N2CCCC2)nc1)NC(C)CCC(C)(C)C. The van der Waals surface area contributed by atoms with Crippen LogP contribution in [0.3, 0.4) is 0 Å². The van der Waals surface area contributed by atoms with Crippen molar-refractivity contribution in [3.63, 3.8) is 0 Å². The van der Waals surface area contributed by atoms with Gasteiger partial charge in [0.15, 0.2) is 5.96 Å². The second kappa shape index (κ2) is 9.07. The molecule has 0 aliphatic carbocycles. The first-order valence-corrected chi connectivity index (χ1v) is 9.54. The first-order chi connectivity index (χ1) is 11.9. The Bertz CT molecular complexity index is 538. The number of nitrogens with one attached hydrogen (secondary N) is 2. The summed E-state index contributed by atoms with van der Waals surface area (Å²) in [6.45, 7) is 12.1. The van der Waals surface area contributed by atoms with Crippen molar-refractivity contribution in [1.29, 1.82) is 0 Å². The first-order valence-electron chi connectivity index (χ1n) is 9.54. The number of aromatic nitrogens is 1. The second-order valence-corrected chi connectivity index (χ2v) is 8.29. The first kappa shape index (κ1) is 19.5. The Hall–Kier alpha value is -1.78. The molecule has 0 aromatic carbocycles. The molecule has 1 fully saturated rings. The summed E-state index contributed by atoms with van der Waals surface area (Å²) in [7, 11) is 1.82. The third-order valence-electron chi connectivity index (χ3n) is 4.63. The van der Waals surface area contributed by atoms with Crippen LogP contribution in [0.1, 0.15) is 58.9 Å². The van der Waals surface area contributed by atoms with Crippen LogP contribution >= 0.6 is 0 Å². The van der Waals surface area contributed by atoms with Gasteiger partial charge in [-0.2, -0.15) is 0 Å². The van der Waals surface area contributed by atoms with Crippen LogP contribution in [0, 0.1) is 5.41 Å².